The van der Waals surface area contributed by atoms with Crippen LogP contribution in [0.3, 0.4) is 0 Å². The maximum atomic E-state index is 14.4. The van der Waals surface area contributed by atoms with Gasteiger partial charge in [-0.1, -0.05) is 12.1 Å². The predicted molar refractivity (Wildman–Crippen MR) is 109 cm³/mol. The molecular formula is C23H20F2N2O3. The summed E-state index contributed by atoms with van der Waals surface area (Å²) in [6.45, 7) is 3.07. The van der Waals surface area contributed by atoms with Crippen LogP contribution in [0.1, 0.15) is 27.8 Å². The van der Waals surface area contributed by atoms with Crippen LogP contribution in [0.5, 0.6) is 0 Å². The Balaban J connectivity index is 1.43. The molecule has 1 fully saturated rings. The summed E-state index contributed by atoms with van der Waals surface area (Å²) >= 11 is 0. The number of benzene rings is 2. The molecule has 0 radical (unpaired) electrons. The summed E-state index contributed by atoms with van der Waals surface area (Å²) in [6.07, 6.45) is 0. The number of halogens is 2. The Bertz CT molecular complexity index is 1100. The van der Waals surface area contributed by atoms with Gasteiger partial charge in [-0.3, -0.25) is 9.59 Å². The molecule has 2 aromatic carbocycles. The van der Waals surface area contributed by atoms with E-state index in [1.54, 1.807) is 41.3 Å². The second-order valence-electron chi connectivity index (χ2n) is 7.15. The van der Waals surface area contributed by atoms with E-state index in [2.05, 4.69) is 0 Å². The van der Waals surface area contributed by atoms with Gasteiger partial charge in [-0.15, -0.1) is 0 Å². The highest BCUT2D eigenvalue weighted by molar-refractivity contribution is 5.94. The second-order valence-corrected chi connectivity index (χ2v) is 7.15. The average Bonchev–Trinajstić information content (AvgIpc) is 3.23. The van der Waals surface area contributed by atoms with Crippen molar-refractivity contribution >= 4 is 17.4 Å². The molecule has 154 valence electrons. The number of furan rings is 1. The van der Waals surface area contributed by atoms with Crippen LogP contribution >= 0.6 is 0 Å². The van der Waals surface area contributed by atoms with Crippen molar-refractivity contribution in [3.63, 3.8) is 0 Å². The fourth-order valence-corrected chi connectivity index (χ4v) is 3.55. The lowest BCUT2D eigenvalue weighted by molar-refractivity contribution is 0.0715. The van der Waals surface area contributed by atoms with Crippen LogP contribution in [-0.4, -0.2) is 42.8 Å². The molecule has 5 nitrogen and oxygen atoms in total. The lowest BCUT2D eigenvalue weighted by atomic mass is 10.1. The van der Waals surface area contributed by atoms with Crippen molar-refractivity contribution in [1.29, 1.82) is 0 Å². The molecular weight excluding hydrogens is 390 g/mol. The van der Waals surface area contributed by atoms with Gasteiger partial charge in [0.2, 0.25) is 0 Å². The van der Waals surface area contributed by atoms with Crippen molar-refractivity contribution in [2.45, 2.75) is 6.92 Å². The maximum absolute atomic E-state index is 14.4. The average molecular weight is 410 g/mol. The largest absolute Gasteiger partial charge is 0.451 e. The summed E-state index contributed by atoms with van der Waals surface area (Å²) in [6, 6.07) is 13.8. The monoisotopic (exact) mass is 410 g/mol. The Morgan fingerprint density at radius 3 is 2.30 bits per heavy atom. The quantitative estimate of drug-likeness (QED) is 0.599. The molecule has 0 saturated carbocycles. The number of ketones is 1. The van der Waals surface area contributed by atoms with Crippen LogP contribution in [0.25, 0.3) is 11.3 Å². The minimum Gasteiger partial charge on any atom is -0.451 e. The van der Waals surface area contributed by atoms with Crippen molar-refractivity contribution in [1.82, 2.24) is 4.90 Å². The van der Waals surface area contributed by atoms with E-state index < -0.39 is 11.6 Å². The molecule has 3 aromatic rings. The summed E-state index contributed by atoms with van der Waals surface area (Å²) in [7, 11) is 0. The summed E-state index contributed by atoms with van der Waals surface area (Å²) < 4.78 is 33.9. The molecule has 1 aliphatic rings. The highest BCUT2D eigenvalue weighted by atomic mass is 19.1. The summed E-state index contributed by atoms with van der Waals surface area (Å²) in [5.41, 5.74) is 1.03. The Labute approximate surface area is 172 Å². The van der Waals surface area contributed by atoms with Crippen LogP contribution in [0.2, 0.25) is 0 Å². The third-order valence-electron chi connectivity index (χ3n) is 5.22. The van der Waals surface area contributed by atoms with Crippen LogP contribution < -0.4 is 4.90 Å². The topological polar surface area (TPSA) is 53.8 Å². The minimum absolute atomic E-state index is 0.138. The van der Waals surface area contributed by atoms with Gasteiger partial charge in [-0.25, -0.2) is 8.78 Å². The van der Waals surface area contributed by atoms with Crippen molar-refractivity contribution in [3.05, 3.63) is 77.6 Å². The van der Waals surface area contributed by atoms with Gasteiger partial charge in [0.1, 0.15) is 17.4 Å². The number of carbonyl (C=O) groups excluding carboxylic acids is 2. The van der Waals surface area contributed by atoms with Crippen LogP contribution in [0.15, 0.2) is 59.0 Å². The van der Waals surface area contributed by atoms with Crippen molar-refractivity contribution in [3.8, 4) is 11.3 Å². The number of hydrogen-bond donors (Lipinski definition) is 0. The molecule has 30 heavy (non-hydrogen) atoms. The first-order valence-electron chi connectivity index (χ1n) is 9.63. The molecule has 4 rings (SSSR count). The van der Waals surface area contributed by atoms with Crippen molar-refractivity contribution < 1.29 is 22.8 Å². The number of anilines is 1. The van der Waals surface area contributed by atoms with Gasteiger partial charge in [0.05, 0.1) is 11.3 Å². The molecule has 2 heterocycles. The zero-order valence-electron chi connectivity index (χ0n) is 16.4. The summed E-state index contributed by atoms with van der Waals surface area (Å²) in [5.74, 6) is -0.921. The Morgan fingerprint density at radius 1 is 0.900 bits per heavy atom. The second kappa shape index (κ2) is 8.10. The highest BCUT2D eigenvalue weighted by Gasteiger charge is 2.26. The number of hydrogen-bond acceptors (Lipinski definition) is 4. The van der Waals surface area contributed by atoms with E-state index in [-0.39, 0.29) is 17.5 Å². The fourth-order valence-electron chi connectivity index (χ4n) is 3.55. The van der Waals surface area contributed by atoms with Gasteiger partial charge in [0.15, 0.2) is 11.5 Å². The minimum atomic E-state index is -0.456. The number of nitrogens with zero attached hydrogens (tertiary/aromatic N) is 2. The lowest BCUT2D eigenvalue weighted by Crippen LogP contribution is -2.49. The van der Waals surface area contributed by atoms with Crippen LogP contribution in [0.4, 0.5) is 14.5 Å². The standard InChI is InChI=1S/C23H20F2N2O3/c1-15(28)16-6-7-20(19(25)14-16)26-10-12-27(13-11-26)23(29)22-9-8-21(30-22)17-4-2-3-5-18(17)24/h2-9,14H,10-13H2,1H3. The molecule has 0 aliphatic carbocycles. The lowest BCUT2D eigenvalue weighted by Gasteiger charge is -2.35. The summed E-state index contributed by atoms with van der Waals surface area (Å²) in [5, 5.41) is 0. The van der Waals surface area contributed by atoms with E-state index in [4.69, 9.17) is 4.42 Å². The van der Waals surface area contributed by atoms with Gasteiger partial charge >= 0.3 is 0 Å². The number of Topliss-reactive ketones (excluding diaryl/α,β-unsaturated/α-hetero) is 1. The first-order chi connectivity index (χ1) is 14.4. The smallest absolute Gasteiger partial charge is 0.289 e. The normalized spacial score (nSPS) is 14.1. The van der Waals surface area contributed by atoms with Gasteiger partial charge < -0.3 is 14.2 Å². The van der Waals surface area contributed by atoms with Gasteiger partial charge in [-0.05, 0) is 49.4 Å². The van der Waals surface area contributed by atoms with E-state index in [1.165, 1.54) is 25.1 Å². The summed E-state index contributed by atoms with van der Waals surface area (Å²) in [4.78, 5) is 27.6. The van der Waals surface area contributed by atoms with Crippen molar-refractivity contribution in [2.24, 2.45) is 0 Å². The molecule has 1 saturated heterocycles. The predicted octanol–water partition coefficient (Wildman–Crippen LogP) is 4.39. The first-order valence-corrected chi connectivity index (χ1v) is 9.63. The molecule has 1 amide bonds. The number of carbonyl (C=O) groups is 2. The number of rotatable bonds is 4. The number of piperazine rings is 1. The molecule has 0 bridgehead atoms. The van der Waals surface area contributed by atoms with E-state index >= 15 is 0 Å². The maximum Gasteiger partial charge on any atom is 0.289 e. The SMILES string of the molecule is CC(=O)c1ccc(N2CCN(C(=O)c3ccc(-c4ccccc4F)o3)CC2)c(F)c1. The molecule has 0 N–H and O–H groups in total. The van der Waals surface area contributed by atoms with Crippen LogP contribution in [0, 0.1) is 11.6 Å². The molecule has 7 heteroatoms. The van der Waals surface area contributed by atoms with Gasteiger partial charge in [0.25, 0.3) is 5.91 Å². The first kappa shape index (κ1) is 19.8. The Hall–Kier alpha value is -3.48. The van der Waals surface area contributed by atoms with Crippen molar-refractivity contribution in [2.75, 3.05) is 31.1 Å². The van der Waals surface area contributed by atoms with E-state index in [0.717, 1.165) is 0 Å². The Morgan fingerprint density at radius 2 is 1.63 bits per heavy atom. The zero-order chi connectivity index (χ0) is 21.3. The van der Waals surface area contributed by atoms with Gasteiger partial charge in [-0.2, -0.15) is 0 Å². The highest BCUT2D eigenvalue weighted by Crippen LogP contribution is 2.26. The fraction of sp³-hybridized carbons (Fsp3) is 0.217. The molecule has 1 aliphatic heterocycles. The zero-order valence-corrected chi connectivity index (χ0v) is 16.4. The third-order valence-corrected chi connectivity index (χ3v) is 5.22. The van der Waals surface area contributed by atoms with E-state index in [0.29, 0.717) is 48.8 Å². The molecule has 0 atom stereocenters. The van der Waals surface area contributed by atoms with E-state index in [1.807, 2.05) is 4.90 Å². The number of amides is 1. The molecule has 1 aromatic heterocycles. The van der Waals surface area contributed by atoms with Crippen LogP contribution in [-0.2, 0) is 0 Å². The molecule has 0 spiro atoms. The van der Waals surface area contributed by atoms with E-state index in [9.17, 15) is 18.4 Å². The third kappa shape index (κ3) is 3.83. The molecule has 0 unspecified atom stereocenters. The Kier molecular flexibility index (Phi) is 5.35. The van der Waals surface area contributed by atoms with Gasteiger partial charge in [0, 0.05) is 31.7 Å².